The van der Waals surface area contributed by atoms with Crippen molar-refractivity contribution in [3.63, 3.8) is 0 Å². The Bertz CT molecular complexity index is 631. The number of piperazine rings is 1. The van der Waals surface area contributed by atoms with E-state index in [-0.39, 0.29) is 12.5 Å². The predicted molar refractivity (Wildman–Crippen MR) is 110 cm³/mol. The Morgan fingerprint density at radius 2 is 1.93 bits per heavy atom. The maximum Gasteiger partial charge on any atom is 0.219 e. The van der Waals surface area contributed by atoms with Gasteiger partial charge >= 0.3 is 0 Å². The number of piperidine rings is 1. The Morgan fingerprint density at radius 3 is 2.61 bits per heavy atom. The summed E-state index contributed by atoms with van der Waals surface area (Å²) in [5.41, 5.74) is 1.22. The van der Waals surface area contributed by atoms with Crippen LogP contribution in [0.25, 0.3) is 0 Å². The highest BCUT2D eigenvalue weighted by molar-refractivity contribution is 5.73. The minimum absolute atomic E-state index is 0.189. The molecular formula is C22H35N3O3. The molecule has 6 nitrogen and oxygen atoms in total. The van der Waals surface area contributed by atoms with Gasteiger partial charge in [0, 0.05) is 70.4 Å². The molecule has 2 heterocycles. The van der Waals surface area contributed by atoms with Gasteiger partial charge in [-0.25, -0.2) is 0 Å². The van der Waals surface area contributed by atoms with Gasteiger partial charge in [-0.3, -0.25) is 14.6 Å². The second-order valence-corrected chi connectivity index (χ2v) is 7.91. The number of aliphatic hydroxyl groups excluding tert-OH is 1. The third kappa shape index (κ3) is 5.25. The molecule has 0 aromatic heterocycles. The summed E-state index contributed by atoms with van der Waals surface area (Å²) in [6.07, 6.45) is 2.90. The van der Waals surface area contributed by atoms with Crippen LogP contribution in [0.15, 0.2) is 24.3 Å². The van der Waals surface area contributed by atoms with Crippen molar-refractivity contribution in [2.75, 3.05) is 45.9 Å². The maximum atomic E-state index is 11.6. The molecule has 0 aliphatic carbocycles. The van der Waals surface area contributed by atoms with E-state index in [1.807, 2.05) is 24.0 Å². The van der Waals surface area contributed by atoms with Crippen LogP contribution in [0.1, 0.15) is 38.7 Å². The predicted octanol–water partition coefficient (Wildman–Crippen LogP) is 1.96. The van der Waals surface area contributed by atoms with Gasteiger partial charge in [0.25, 0.3) is 0 Å². The molecule has 1 N–H and O–H groups in total. The average molecular weight is 390 g/mol. The van der Waals surface area contributed by atoms with Crippen LogP contribution in [-0.2, 0) is 11.3 Å². The number of para-hydroxylation sites is 1. The minimum Gasteiger partial charge on any atom is -0.494 e. The van der Waals surface area contributed by atoms with Crippen molar-refractivity contribution in [1.82, 2.24) is 14.7 Å². The van der Waals surface area contributed by atoms with Gasteiger partial charge in [-0.2, -0.15) is 0 Å². The Balaban J connectivity index is 1.61. The number of amides is 1. The number of hydrogen-bond acceptors (Lipinski definition) is 5. The number of nitrogens with zero attached hydrogens (tertiary/aromatic N) is 3. The van der Waals surface area contributed by atoms with Gasteiger partial charge in [-0.1, -0.05) is 18.2 Å². The molecule has 2 aliphatic rings. The summed E-state index contributed by atoms with van der Waals surface area (Å²) in [4.78, 5) is 18.6. The lowest BCUT2D eigenvalue weighted by atomic mass is 9.99. The van der Waals surface area contributed by atoms with Crippen LogP contribution in [0.5, 0.6) is 5.75 Å². The summed E-state index contributed by atoms with van der Waals surface area (Å²) in [7, 11) is 0. The zero-order chi connectivity index (χ0) is 19.9. The number of rotatable bonds is 7. The van der Waals surface area contributed by atoms with Crippen LogP contribution in [0.2, 0.25) is 0 Å². The number of aliphatic hydroxyl groups is 1. The first-order valence-electron chi connectivity index (χ1n) is 10.7. The molecular weight excluding hydrogens is 354 g/mol. The second-order valence-electron chi connectivity index (χ2n) is 7.91. The van der Waals surface area contributed by atoms with Gasteiger partial charge in [-0.05, 0) is 32.3 Å². The summed E-state index contributed by atoms with van der Waals surface area (Å²) in [6.45, 7) is 10.2. The monoisotopic (exact) mass is 389 g/mol. The van der Waals surface area contributed by atoms with Crippen LogP contribution >= 0.6 is 0 Å². The molecule has 0 bridgehead atoms. The number of hydrogen-bond donors (Lipinski definition) is 1. The van der Waals surface area contributed by atoms with Crippen molar-refractivity contribution in [2.45, 2.75) is 51.7 Å². The molecule has 1 amide bonds. The third-order valence-electron chi connectivity index (χ3n) is 6.17. The van der Waals surface area contributed by atoms with Crippen molar-refractivity contribution in [2.24, 2.45) is 0 Å². The number of carbonyl (C=O) groups excluding carboxylic acids is 1. The molecule has 0 spiro atoms. The van der Waals surface area contributed by atoms with Crippen molar-refractivity contribution >= 4 is 5.91 Å². The summed E-state index contributed by atoms with van der Waals surface area (Å²) >= 11 is 0. The highest BCUT2D eigenvalue weighted by Gasteiger charge is 2.32. The van der Waals surface area contributed by atoms with Crippen molar-refractivity contribution in [1.29, 1.82) is 0 Å². The van der Waals surface area contributed by atoms with E-state index in [0.29, 0.717) is 18.7 Å². The SMILES string of the molecule is CCOc1ccccc1CN1CCN(C2CCN(C(C)=O)CC2)CC1CCO. The molecule has 2 aliphatic heterocycles. The smallest absolute Gasteiger partial charge is 0.219 e. The van der Waals surface area contributed by atoms with Gasteiger partial charge in [0.05, 0.1) is 6.61 Å². The van der Waals surface area contributed by atoms with E-state index in [1.165, 1.54) is 5.56 Å². The van der Waals surface area contributed by atoms with Gasteiger partial charge in [0.2, 0.25) is 5.91 Å². The lowest BCUT2D eigenvalue weighted by Crippen LogP contribution is -2.57. The highest BCUT2D eigenvalue weighted by atomic mass is 16.5. The van der Waals surface area contributed by atoms with Crippen molar-refractivity contribution < 1.29 is 14.6 Å². The first kappa shape index (κ1) is 21.1. The van der Waals surface area contributed by atoms with Crippen molar-refractivity contribution in [3.05, 3.63) is 29.8 Å². The molecule has 0 radical (unpaired) electrons. The lowest BCUT2D eigenvalue weighted by Gasteiger charge is -2.46. The number of benzene rings is 1. The fraction of sp³-hybridized carbons (Fsp3) is 0.682. The number of likely N-dealkylation sites (tertiary alicyclic amines) is 1. The van der Waals surface area contributed by atoms with E-state index in [9.17, 15) is 9.90 Å². The van der Waals surface area contributed by atoms with Crippen LogP contribution < -0.4 is 4.74 Å². The van der Waals surface area contributed by atoms with E-state index in [0.717, 1.165) is 64.3 Å². The fourth-order valence-corrected chi connectivity index (χ4v) is 4.58. The van der Waals surface area contributed by atoms with Gasteiger partial charge in [0.15, 0.2) is 0 Å². The summed E-state index contributed by atoms with van der Waals surface area (Å²) < 4.78 is 5.80. The summed E-state index contributed by atoms with van der Waals surface area (Å²) in [6, 6.07) is 9.17. The van der Waals surface area contributed by atoms with E-state index in [4.69, 9.17) is 4.74 Å². The molecule has 1 unspecified atom stereocenters. The molecule has 2 fully saturated rings. The van der Waals surface area contributed by atoms with Crippen molar-refractivity contribution in [3.8, 4) is 5.75 Å². The maximum absolute atomic E-state index is 11.6. The molecule has 2 saturated heterocycles. The molecule has 28 heavy (non-hydrogen) atoms. The number of ether oxygens (including phenoxy) is 1. The van der Waals surface area contributed by atoms with Crippen LogP contribution in [-0.4, -0.2) is 83.7 Å². The zero-order valence-electron chi connectivity index (χ0n) is 17.3. The third-order valence-corrected chi connectivity index (χ3v) is 6.17. The summed E-state index contributed by atoms with van der Waals surface area (Å²) in [5.74, 6) is 1.15. The van der Waals surface area contributed by atoms with Gasteiger partial charge in [0.1, 0.15) is 5.75 Å². The van der Waals surface area contributed by atoms with E-state index < -0.39 is 0 Å². The van der Waals surface area contributed by atoms with Gasteiger partial charge in [-0.15, -0.1) is 0 Å². The molecule has 6 heteroatoms. The lowest BCUT2D eigenvalue weighted by molar-refractivity contribution is -0.130. The topological polar surface area (TPSA) is 56.2 Å². The minimum atomic E-state index is 0.189. The first-order valence-corrected chi connectivity index (χ1v) is 10.7. The normalized spacial score (nSPS) is 22.4. The molecule has 1 aromatic carbocycles. The van der Waals surface area contributed by atoms with Crippen LogP contribution in [0.4, 0.5) is 0 Å². The molecule has 1 atom stereocenters. The fourth-order valence-electron chi connectivity index (χ4n) is 4.58. The number of carbonyl (C=O) groups is 1. The highest BCUT2D eigenvalue weighted by Crippen LogP contribution is 2.26. The molecule has 1 aromatic rings. The molecule has 3 rings (SSSR count). The average Bonchev–Trinajstić information content (AvgIpc) is 2.71. The Labute approximate surface area is 169 Å². The molecule has 0 saturated carbocycles. The standard InChI is InChI=1S/C22H35N3O3/c1-3-28-22-7-5-4-6-19(22)16-24-13-14-25(17-21(24)10-15-26)20-8-11-23(12-9-20)18(2)27/h4-7,20-21,26H,3,8-17H2,1-2H3. The zero-order valence-corrected chi connectivity index (χ0v) is 17.3. The van der Waals surface area contributed by atoms with Crippen LogP contribution in [0.3, 0.4) is 0 Å². The van der Waals surface area contributed by atoms with E-state index in [2.05, 4.69) is 21.9 Å². The Morgan fingerprint density at radius 1 is 1.18 bits per heavy atom. The van der Waals surface area contributed by atoms with E-state index >= 15 is 0 Å². The second kappa shape index (κ2) is 10.2. The summed E-state index contributed by atoms with van der Waals surface area (Å²) in [5, 5.41) is 9.62. The Kier molecular flexibility index (Phi) is 7.71. The van der Waals surface area contributed by atoms with Gasteiger partial charge < -0.3 is 14.7 Å². The quantitative estimate of drug-likeness (QED) is 0.773. The molecule has 156 valence electrons. The van der Waals surface area contributed by atoms with E-state index in [1.54, 1.807) is 6.92 Å². The van der Waals surface area contributed by atoms with Crippen LogP contribution in [0, 0.1) is 0 Å². The largest absolute Gasteiger partial charge is 0.494 e. The Hall–Kier alpha value is -1.63. The first-order chi connectivity index (χ1) is 13.6.